The summed E-state index contributed by atoms with van der Waals surface area (Å²) in [6.45, 7) is 10.1. The summed E-state index contributed by atoms with van der Waals surface area (Å²) in [5, 5.41) is 3.31. The molecular weight excluding hydrogens is 517 g/mol. The summed E-state index contributed by atoms with van der Waals surface area (Å²) in [5.41, 5.74) is 0. The zero-order valence-corrected chi connectivity index (χ0v) is 25.7. The quantitative estimate of drug-likeness (QED) is 0.400. The van der Waals surface area contributed by atoms with Crippen molar-refractivity contribution in [2.75, 3.05) is 26.4 Å². The predicted molar refractivity (Wildman–Crippen MR) is 145 cm³/mol. The van der Waals surface area contributed by atoms with Gasteiger partial charge in [-0.05, 0) is 0 Å². The van der Waals surface area contributed by atoms with Crippen molar-refractivity contribution in [2.45, 2.75) is 56.5 Å². The van der Waals surface area contributed by atoms with Crippen LogP contribution in [0.3, 0.4) is 0 Å². The van der Waals surface area contributed by atoms with Crippen molar-refractivity contribution in [1.82, 2.24) is 4.90 Å². The van der Waals surface area contributed by atoms with E-state index in [1.54, 1.807) is 10.4 Å². The van der Waals surface area contributed by atoms with Crippen LogP contribution in [-0.4, -0.2) is 71.9 Å². The number of hydrogen-bond acceptors (Lipinski definition) is 2. The van der Waals surface area contributed by atoms with Crippen LogP contribution in [0.2, 0.25) is 37.6 Å². The molecule has 0 amide bonds. The standard InChI is InChI=1S/C23H34NOSi2.3CH3.Sn/c1-25-18-21-12-11-17-24(21)19-27(20-26(2,3)4,22-13-7-5-8-14-22)23-15-9-6-10-16-23;;;;/h5-10,13-16,20-21H,11-12,17-19H2,1-4H3;3*1H3;/t21-;;;;/m0..../s1. The number of nitrogens with zero attached hydrogens (tertiary/aromatic N) is 1. The van der Waals surface area contributed by atoms with Crippen molar-refractivity contribution in [3.8, 4) is 0 Å². The average molecular weight is 561 g/mol. The Morgan fingerprint density at radius 3 is 1.87 bits per heavy atom. The summed E-state index contributed by atoms with van der Waals surface area (Å²) < 4.78 is 6.59. The van der Waals surface area contributed by atoms with Crippen LogP contribution in [0.15, 0.2) is 60.7 Å². The van der Waals surface area contributed by atoms with Gasteiger partial charge in [0.15, 0.2) is 0 Å². The second kappa shape index (κ2) is 10.2. The molecule has 0 radical (unpaired) electrons. The van der Waals surface area contributed by atoms with E-state index in [1.165, 1.54) is 25.6 Å². The van der Waals surface area contributed by atoms with Crippen LogP contribution in [0.5, 0.6) is 0 Å². The first kappa shape index (κ1) is 25.2. The molecule has 0 aromatic heterocycles. The number of likely N-dealkylation sites (tertiary alicyclic amines) is 1. The van der Waals surface area contributed by atoms with E-state index in [4.69, 9.17) is 4.74 Å². The Labute approximate surface area is 197 Å². The molecule has 0 saturated carbocycles. The van der Waals surface area contributed by atoms with Crippen molar-refractivity contribution in [3.63, 3.8) is 0 Å². The van der Waals surface area contributed by atoms with Gasteiger partial charge in [0.05, 0.1) is 0 Å². The second-order valence-corrected chi connectivity index (χ2v) is 39.9. The van der Waals surface area contributed by atoms with Gasteiger partial charge in [0.25, 0.3) is 0 Å². The zero-order valence-electron chi connectivity index (χ0n) is 20.8. The van der Waals surface area contributed by atoms with E-state index in [9.17, 15) is 0 Å². The van der Waals surface area contributed by atoms with Gasteiger partial charge in [0.1, 0.15) is 0 Å². The van der Waals surface area contributed by atoms with Gasteiger partial charge in [-0.25, -0.2) is 0 Å². The topological polar surface area (TPSA) is 12.5 Å². The Morgan fingerprint density at radius 1 is 0.935 bits per heavy atom. The van der Waals surface area contributed by atoms with E-state index in [1.807, 2.05) is 7.11 Å². The maximum absolute atomic E-state index is 5.67. The van der Waals surface area contributed by atoms with E-state index in [0.717, 1.165) is 9.79 Å². The summed E-state index contributed by atoms with van der Waals surface area (Å²) in [5.74, 6) is 0. The van der Waals surface area contributed by atoms with Crippen molar-refractivity contribution in [1.29, 1.82) is 0 Å². The maximum atomic E-state index is 5.67. The van der Waals surface area contributed by atoms with Gasteiger partial charge >= 0.3 is 198 Å². The first-order chi connectivity index (χ1) is 14.6. The van der Waals surface area contributed by atoms with Gasteiger partial charge in [0.2, 0.25) is 0 Å². The van der Waals surface area contributed by atoms with Crippen LogP contribution < -0.4 is 10.4 Å². The molecule has 2 nitrogen and oxygen atoms in total. The van der Waals surface area contributed by atoms with E-state index in [2.05, 4.69) is 100 Å². The summed E-state index contributed by atoms with van der Waals surface area (Å²) in [4.78, 5) is 11.0. The first-order valence-corrected chi connectivity index (χ1v) is 28.0. The normalized spacial score (nSPS) is 19.5. The van der Waals surface area contributed by atoms with Crippen molar-refractivity contribution in [2.24, 2.45) is 0 Å². The first-order valence-electron chi connectivity index (χ1n) is 11.9. The summed E-state index contributed by atoms with van der Waals surface area (Å²) >= 11 is -2.35. The van der Waals surface area contributed by atoms with E-state index < -0.39 is 34.5 Å². The van der Waals surface area contributed by atoms with Gasteiger partial charge in [-0.15, -0.1) is 0 Å². The molecule has 1 aliphatic rings. The molecule has 2 aromatic rings. The molecule has 2 aromatic carbocycles. The number of methoxy groups -OCH3 is 1. The third kappa shape index (κ3) is 5.57. The fourth-order valence-electron chi connectivity index (χ4n) is 6.83. The van der Waals surface area contributed by atoms with Gasteiger partial charge in [0, 0.05) is 0 Å². The SMILES string of the molecule is COC[C@@H]1CCCN1C[Si](c1ccccc1)(c1ccccc1)[C@@H]([Si](C)(C)C)[Sn]([CH3])([CH3])[CH3]. The molecule has 2 atom stereocenters. The second-order valence-electron chi connectivity index (χ2n) is 11.6. The Bertz CT molecular complexity index is 763. The molecule has 0 unspecified atom stereocenters. The minimum atomic E-state index is -2.35. The van der Waals surface area contributed by atoms with Gasteiger partial charge in [-0.2, -0.15) is 0 Å². The van der Waals surface area contributed by atoms with Crippen LogP contribution in [0.4, 0.5) is 0 Å². The van der Waals surface area contributed by atoms with E-state index in [-0.39, 0.29) is 0 Å². The van der Waals surface area contributed by atoms with Gasteiger partial charge in [-0.1, -0.05) is 0 Å². The molecule has 0 N–H and O–H groups in total. The van der Waals surface area contributed by atoms with Crippen LogP contribution in [0.25, 0.3) is 0 Å². The molecule has 5 heteroatoms. The van der Waals surface area contributed by atoms with E-state index >= 15 is 0 Å². The molecule has 1 saturated heterocycles. The fraction of sp³-hybridized carbons (Fsp3) is 0.538. The molecule has 0 spiro atoms. The van der Waals surface area contributed by atoms with Crippen molar-refractivity contribution in [3.05, 3.63) is 60.7 Å². The molecule has 3 rings (SSSR count). The molecule has 0 aliphatic carbocycles. The van der Waals surface area contributed by atoms with E-state index in [0.29, 0.717) is 6.04 Å². The van der Waals surface area contributed by atoms with Gasteiger partial charge < -0.3 is 0 Å². The number of rotatable bonds is 9. The van der Waals surface area contributed by atoms with Crippen molar-refractivity contribution >= 4 is 44.9 Å². The number of hydrogen-bond donors (Lipinski definition) is 0. The summed E-state index contributed by atoms with van der Waals surface area (Å²) in [7, 11) is -1.63. The summed E-state index contributed by atoms with van der Waals surface area (Å²) in [6, 6.07) is 24.0. The Morgan fingerprint density at radius 2 is 1.45 bits per heavy atom. The molecule has 31 heavy (non-hydrogen) atoms. The predicted octanol–water partition coefficient (Wildman–Crippen LogP) is 5.02. The molecule has 1 heterocycles. The minimum absolute atomic E-state index is 0.571. The molecule has 170 valence electrons. The number of ether oxygens (including phenoxy) is 1. The Hall–Kier alpha value is -0.408. The van der Waals surface area contributed by atoms with Crippen LogP contribution in [0, 0.1) is 0 Å². The monoisotopic (exact) mass is 561 g/mol. The molecule has 1 fully saturated rings. The van der Waals surface area contributed by atoms with Crippen LogP contribution in [-0.2, 0) is 4.74 Å². The molecule has 0 bridgehead atoms. The summed E-state index contributed by atoms with van der Waals surface area (Å²) in [6.07, 6.45) is 3.83. The fourth-order valence-corrected chi connectivity index (χ4v) is 60.8. The zero-order chi connectivity index (χ0) is 22.7. The average Bonchev–Trinajstić information content (AvgIpc) is 3.13. The van der Waals surface area contributed by atoms with Gasteiger partial charge in [-0.3, -0.25) is 0 Å². The third-order valence-corrected chi connectivity index (χ3v) is 45.7. The molecular formula is C26H43NOSi2Sn. The Kier molecular flexibility index (Phi) is 8.34. The van der Waals surface area contributed by atoms with Crippen LogP contribution >= 0.6 is 0 Å². The van der Waals surface area contributed by atoms with Crippen molar-refractivity contribution < 1.29 is 4.74 Å². The Balaban J connectivity index is 2.29. The van der Waals surface area contributed by atoms with Crippen LogP contribution in [0.1, 0.15) is 12.8 Å². The third-order valence-electron chi connectivity index (χ3n) is 7.11. The molecule has 1 aliphatic heterocycles. The number of benzene rings is 2.